The van der Waals surface area contributed by atoms with Gasteiger partial charge in [0.05, 0.1) is 17.4 Å². The third-order valence-electron chi connectivity index (χ3n) is 7.76. The number of aryl methyl sites for hydroxylation is 2. The van der Waals surface area contributed by atoms with Crippen molar-refractivity contribution in [2.45, 2.75) is 78.2 Å². The number of aromatic nitrogens is 2. The van der Waals surface area contributed by atoms with Gasteiger partial charge in [-0.15, -0.1) is 0 Å². The van der Waals surface area contributed by atoms with Crippen molar-refractivity contribution >= 4 is 17.7 Å². The predicted octanol–water partition coefficient (Wildman–Crippen LogP) is 7.09. The Morgan fingerprint density at radius 1 is 1.11 bits per heavy atom. The number of likely N-dealkylation sites (tertiary alicyclic amines) is 1. The van der Waals surface area contributed by atoms with Gasteiger partial charge in [0.25, 0.3) is 0 Å². The maximum Gasteiger partial charge on any atom is 0.411 e. The average molecular weight is 506 g/mol. The number of nitrogens with zero attached hydrogens (tertiary/aromatic N) is 2. The van der Waals surface area contributed by atoms with Gasteiger partial charge in [0.15, 0.2) is 0 Å². The quantitative estimate of drug-likeness (QED) is 0.383. The molecule has 6 nitrogen and oxygen atoms in total. The van der Waals surface area contributed by atoms with Crippen LogP contribution in [-0.4, -0.2) is 32.6 Å². The molecule has 1 N–H and O–H groups in total. The van der Waals surface area contributed by atoms with Crippen LogP contribution in [0.4, 0.5) is 4.79 Å². The van der Waals surface area contributed by atoms with E-state index in [1.807, 2.05) is 43.9 Å². The van der Waals surface area contributed by atoms with Gasteiger partial charge in [0.2, 0.25) is 0 Å². The first-order valence-electron chi connectivity index (χ1n) is 12.8. The highest BCUT2D eigenvalue weighted by Gasteiger charge is 2.43. The molecule has 6 rings (SSSR count). The number of nitrogens with one attached hydrogen (secondary N) is 1. The number of carbonyl (C=O) groups is 1. The van der Waals surface area contributed by atoms with Crippen LogP contribution in [0, 0.1) is 5.92 Å². The van der Waals surface area contributed by atoms with E-state index in [0.29, 0.717) is 17.5 Å². The summed E-state index contributed by atoms with van der Waals surface area (Å²) >= 11 is 6.19. The number of halogens is 1. The monoisotopic (exact) mass is 505 g/mol. The summed E-state index contributed by atoms with van der Waals surface area (Å²) in [6, 6.07) is 10.3. The second kappa shape index (κ2) is 8.27. The summed E-state index contributed by atoms with van der Waals surface area (Å²) in [6.45, 7) is 10.5. The number of hydrogen-bond acceptors (Lipinski definition) is 4. The molecule has 0 spiro atoms. The standard InChI is InChI=1S/C29H32ClN3O3/c1-15-10-24(33(16(15)2)28(34)36-29(3,4)5)27-31-23-9-6-17-11-21-18(12-22(17)26(23)32-27)14-35-25-13-19(30)7-8-20(21)25/h7-8,11-13,15-16,24H,6,9-10,14H2,1-5H3,(H,31,32)/t15-,16-,24+/m1/s1. The third kappa shape index (κ3) is 3.86. The van der Waals surface area contributed by atoms with Crippen LogP contribution in [0.3, 0.4) is 0 Å². The lowest BCUT2D eigenvalue weighted by molar-refractivity contribution is 0.0140. The van der Waals surface area contributed by atoms with Crippen molar-refractivity contribution in [2.24, 2.45) is 5.92 Å². The molecule has 3 atom stereocenters. The number of amides is 1. The van der Waals surface area contributed by atoms with Crippen LogP contribution >= 0.6 is 11.6 Å². The first kappa shape index (κ1) is 23.4. The molecule has 3 heterocycles. The van der Waals surface area contributed by atoms with Crippen molar-refractivity contribution in [1.82, 2.24) is 14.9 Å². The molecular formula is C29H32ClN3O3. The smallest absolute Gasteiger partial charge is 0.411 e. The van der Waals surface area contributed by atoms with Gasteiger partial charge in [0, 0.05) is 22.2 Å². The number of rotatable bonds is 1. The Bertz CT molecular complexity index is 1370. The topological polar surface area (TPSA) is 67.5 Å². The summed E-state index contributed by atoms with van der Waals surface area (Å²) in [6.07, 6.45) is 2.38. The fourth-order valence-electron chi connectivity index (χ4n) is 5.81. The number of imidazole rings is 1. The first-order valence-corrected chi connectivity index (χ1v) is 13.2. The van der Waals surface area contributed by atoms with Crippen LogP contribution in [0.25, 0.3) is 22.4 Å². The van der Waals surface area contributed by atoms with E-state index in [9.17, 15) is 4.79 Å². The van der Waals surface area contributed by atoms with Gasteiger partial charge in [-0.05, 0) is 99.9 Å². The number of H-pyrrole nitrogens is 1. The van der Waals surface area contributed by atoms with E-state index in [0.717, 1.165) is 53.4 Å². The van der Waals surface area contributed by atoms with Crippen LogP contribution < -0.4 is 4.74 Å². The number of carbonyl (C=O) groups excluding carboxylic acids is 1. The van der Waals surface area contributed by atoms with Crippen LogP contribution in [0.5, 0.6) is 5.75 Å². The number of fused-ring (bicyclic) bond motifs is 6. The number of hydrogen-bond donors (Lipinski definition) is 1. The Hall–Kier alpha value is -2.99. The summed E-state index contributed by atoms with van der Waals surface area (Å²) in [7, 11) is 0. The Morgan fingerprint density at radius 2 is 1.89 bits per heavy atom. The minimum atomic E-state index is -0.542. The SMILES string of the molecule is C[C@@H]1C[C@@H](c2nc3c([nH]2)-c2cc4c(cc2CC3)-c2ccc(Cl)cc2OC4)N(C(=O)OC(C)(C)C)[C@@H]1C. The van der Waals surface area contributed by atoms with Crippen molar-refractivity contribution in [3.8, 4) is 28.1 Å². The lowest BCUT2D eigenvalue weighted by atomic mass is 9.86. The molecule has 188 valence electrons. The zero-order chi connectivity index (χ0) is 25.4. The van der Waals surface area contributed by atoms with E-state index in [1.54, 1.807) is 0 Å². The van der Waals surface area contributed by atoms with Crippen LogP contribution in [-0.2, 0) is 24.2 Å². The van der Waals surface area contributed by atoms with Crippen molar-refractivity contribution in [3.63, 3.8) is 0 Å². The molecule has 0 saturated carbocycles. The molecule has 7 heteroatoms. The van der Waals surface area contributed by atoms with Gasteiger partial charge in [-0.1, -0.05) is 18.5 Å². The number of ether oxygens (including phenoxy) is 2. The fraction of sp³-hybridized carbons (Fsp3) is 0.448. The molecule has 0 bridgehead atoms. The normalized spacial score (nSPS) is 22.3. The maximum absolute atomic E-state index is 13.2. The van der Waals surface area contributed by atoms with Gasteiger partial charge in [-0.3, -0.25) is 4.90 Å². The highest BCUT2D eigenvalue weighted by Crippen LogP contribution is 2.45. The Balaban J connectivity index is 1.37. The summed E-state index contributed by atoms with van der Waals surface area (Å²) in [5.41, 5.74) is 7.52. The van der Waals surface area contributed by atoms with Gasteiger partial charge in [0.1, 0.15) is 23.8 Å². The molecular weight excluding hydrogens is 474 g/mol. The zero-order valence-corrected chi connectivity index (χ0v) is 22.2. The molecule has 36 heavy (non-hydrogen) atoms. The average Bonchev–Trinajstić information content (AvgIpc) is 3.37. The summed E-state index contributed by atoms with van der Waals surface area (Å²) in [4.78, 5) is 23.7. The van der Waals surface area contributed by atoms with Crippen molar-refractivity contribution in [3.05, 3.63) is 58.0 Å². The van der Waals surface area contributed by atoms with E-state index in [2.05, 4.69) is 31.0 Å². The van der Waals surface area contributed by atoms with E-state index in [1.165, 1.54) is 16.7 Å². The van der Waals surface area contributed by atoms with Gasteiger partial charge >= 0.3 is 6.09 Å². The molecule has 1 aliphatic carbocycles. The fourth-order valence-corrected chi connectivity index (χ4v) is 5.97. The van der Waals surface area contributed by atoms with E-state index in [4.69, 9.17) is 26.1 Å². The van der Waals surface area contributed by atoms with Crippen LogP contribution in [0.2, 0.25) is 5.02 Å². The summed E-state index contributed by atoms with van der Waals surface area (Å²) in [5, 5.41) is 0.681. The van der Waals surface area contributed by atoms with Crippen LogP contribution in [0.15, 0.2) is 30.3 Å². The molecule has 0 radical (unpaired) electrons. The first-order chi connectivity index (χ1) is 17.1. The maximum atomic E-state index is 13.2. The zero-order valence-electron chi connectivity index (χ0n) is 21.4. The summed E-state index contributed by atoms with van der Waals surface area (Å²) < 4.78 is 11.8. The van der Waals surface area contributed by atoms with Crippen molar-refractivity contribution in [1.29, 1.82) is 0 Å². The van der Waals surface area contributed by atoms with Crippen molar-refractivity contribution in [2.75, 3.05) is 0 Å². The molecule has 0 unspecified atom stereocenters. The van der Waals surface area contributed by atoms with E-state index in [-0.39, 0.29) is 18.2 Å². The number of aromatic amines is 1. The highest BCUT2D eigenvalue weighted by molar-refractivity contribution is 6.30. The van der Waals surface area contributed by atoms with E-state index < -0.39 is 5.60 Å². The predicted molar refractivity (Wildman–Crippen MR) is 140 cm³/mol. The highest BCUT2D eigenvalue weighted by atomic mass is 35.5. The molecule has 1 amide bonds. The third-order valence-corrected chi connectivity index (χ3v) is 7.99. The lowest BCUT2D eigenvalue weighted by Gasteiger charge is -2.31. The molecule has 1 saturated heterocycles. The molecule has 3 aliphatic rings. The molecule has 3 aromatic rings. The van der Waals surface area contributed by atoms with E-state index >= 15 is 0 Å². The molecule has 2 aliphatic heterocycles. The van der Waals surface area contributed by atoms with Gasteiger partial charge in [-0.25, -0.2) is 9.78 Å². The molecule has 1 fully saturated rings. The Morgan fingerprint density at radius 3 is 2.67 bits per heavy atom. The van der Waals surface area contributed by atoms with Crippen molar-refractivity contribution < 1.29 is 14.3 Å². The second-order valence-corrected chi connectivity index (χ2v) is 11.8. The minimum Gasteiger partial charge on any atom is -0.488 e. The Labute approximate surface area is 217 Å². The molecule has 1 aromatic heterocycles. The second-order valence-electron chi connectivity index (χ2n) is 11.4. The van der Waals surface area contributed by atoms with Gasteiger partial charge in [-0.2, -0.15) is 0 Å². The Kier molecular flexibility index (Phi) is 5.38. The largest absolute Gasteiger partial charge is 0.488 e. The van der Waals surface area contributed by atoms with Gasteiger partial charge < -0.3 is 14.5 Å². The number of benzene rings is 2. The lowest BCUT2D eigenvalue weighted by Crippen LogP contribution is -2.41. The minimum absolute atomic E-state index is 0.0806. The summed E-state index contributed by atoms with van der Waals surface area (Å²) in [5.74, 6) is 2.04. The molecule has 2 aromatic carbocycles. The van der Waals surface area contributed by atoms with Crippen LogP contribution in [0.1, 0.15) is 69.7 Å².